The van der Waals surface area contributed by atoms with E-state index < -0.39 is 25.9 Å². The van der Waals surface area contributed by atoms with Crippen molar-refractivity contribution >= 4 is 19.9 Å². The minimum atomic E-state index is -3.81. The molecule has 1 atom stereocenters. The summed E-state index contributed by atoms with van der Waals surface area (Å²) in [5, 5.41) is 0. The molecule has 0 unspecified atom stereocenters. The highest BCUT2D eigenvalue weighted by Crippen LogP contribution is 2.32. The summed E-state index contributed by atoms with van der Waals surface area (Å²) in [6.07, 6.45) is 1.08. The molecule has 1 N–H and O–H groups in total. The smallest absolute Gasteiger partial charge is 0.241 e. The van der Waals surface area contributed by atoms with Gasteiger partial charge in [0.2, 0.25) is 10.0 Å². The maximum absolute atomic E-state index is 12.7. The fraction of sp³-hybridized carbons (Fsp3) is 0.400. The van der Waals surface area contributed by atoms with Crippen molar-refractivity contribution in [1.82, 2.24) is 4.72 Å². The first-order valence-electron chi connectivity index (χ1n) is 8.87. The van der Waals surface area contributed by atoms with E-state index in [-0.39, 0.29) is 15.7 Å². The number of aryl methyl sites for hydroxylation is 1. The lowest BCUT2D eigenvalue weighted by Gasteiger charge is -2.21. The molecule has 0 saturated heterocycles. The zero-order chi connectivity index (χ0) is 21.3. The van der Waals surface area contributed by atoms with Crippen molar-refractivity contribution in [3.05, 3.63) is 53.1 Å². The lowest BCUT2D eigenvalue weighted by atomic mass is 9.94. The van der Waals surface area contributed by atoms with Crippen molar-refractivity contribution in [3.8, 4) is 5.75 Å². The minimum absolute atomic E-state index is 0.0157. The second kappa shape index (κ2) is 8.23. The first kappa shape index (κ1) is 22.4. The highest BCUT2D eigenvalue weighted by atomic mass is 32.2. The van der Waals surface area contributed by atoms with Crippen LogP contribution in [0.15, 0.2) is 46.2 Å². The van der Waals surface area contributed by atoms with Gasteiger partial charge >= 0.3 is 0 Å². The lowest BCUT2D eigenvalue weighted by Crippen LogP contribution is -2.27. The Hall–Kier alpha value is -1.90. The number of hydrogen-bond acceptors (Lipinski definition) is 5. The van der Waals surface area contributed by atoms with Crippen LogP contribution in [0.4, 0.5) is 0 Å². The van der Waals surface area contributed by atoms with Gasteiger partial charge in [-0.1, -0.05) is 13.8 Å². The molecule has 0 amide bonds. The molecular formula is C20H27NO5S2. The molecule has 28 heavy (non-hydrogen) atoms. The fourth-order valence-corrected chi connectivity index (χ4v) is 4.89. The number of benzene rings is 2. The van der Waals surface area contributed by atoms with Gasteiger partial charge in [0.05, 0.1) is 16.9 Å². The molecular weight excluding hydrogens is 398 g/mol. The summed E-state index contributed by atoms with van der Waals surface area (Å²) < 4.78 is 56.7. The third-order valence-corrected chi connectivity index (χ3v) is 7.29. The quantitative estimate of drug-likeness (QED) is 0.732. The van der Waals surface area contributed by atoms with Gasteiger partial charge in [0.15, 0.2) is 9.84 Å². The highest BCUT2D eigenvalue weighted by Gasteiger charge is 2.22. The van der Waals surface area contributed by atoms with Crippen molar-refractivity contribution < 1.29 is 21.6 Å². The van der Waals surface area contributed by atoms with Crippen molar-refractivity contribution in [2.24, 2.45) is 0 Å². The van der Waals surface area contributed by atoms with E-state index in [1.54, 1.807) is 14.0 Å². The number of sulfone groups is 1. The summed E-state index contributed by atoms with van der Waals surface area (Å²) in [7, 11) is -5.58. The van der Waals surface area contributed by atoms with Crippen LogP contribution < -0.4 is 9.46 Å². The Balaban J connectivity index is 2.35. The van der Waals surface area contributed by atoms with Crippen LogP contribution in [0.3, 0.4) is 0 Å². The van der Waals surface area contributed by atoms with Crippen molar-refractivity contribution in [3.63, 3.8) is 0 Å². The number of sulfonamides is 1. The SMILES string of the molecule is COc1cc(C)c([C@H](C)NS(=O)(=O)c2ccc(S(C)(=O)=O)cc2)cc1C(C)C. The Labute approximate surface area is 167 Å². The van der Waals surface area contributed by atoms with Gasteiger partial charge in [-0.3, -0.25) is 0 Å². The van der Waals surface area contributed by atoms with E-state index in [1.807, 2.05) is 19.1 Å². The van der Waals surface area contributed by atoms with Gasteiger partial charge in [0.1, 0.15) is 5.75 Å². The Bertz CT molecular complexity index is 1060. The number of methoxy groups -OCH3 is 1. The minimum Gasteiger partial charge on any atom is -0.496 e. The molecule has 2 aromatic rings. The van der Waals surface area contributed by atoms with Crippen molar-refractivity contribution in [2.75, 3.05) is 13.4 Å². The van der Waals surface area contributed by atoms with Gasteiger partial charge in [-0.25, -0.2) is 21.6 Å². The molecule has 0 heterocycles. The third kappa shape index (κ3) is 4.92. The standard InChI is InChI=1S/C20H27NO5S2/c1-13(2)18-12-19(14(3)11-20(18)26-5)15(4)21-28(24,25)17-9-7-16(8-10-17)27(6,22)23/h7-13,15,21H,1-6H3/t15-/m0/s1. The Morgan fingerprint density at radius 2 is 1.43 bits per heavy atom. The molecule has 0 aliphatic carbocycles. The van der Waals surface area contributed by atoms with E-state index in [1.165, 1.54) is 24.3 Å². The van der Waals surface area contributed by atoms with Gasteiger partial charge in [-0.2, -0.15) is 0 Å². The van der Waals surface area contributed by atoms with Gasteiger partial charge in [0, 0.05) is 12.3 Å². The topological polar surface area (TPSA) is 89.5 Å². The van der Waals surface area contributed by atoms with E-state index in [0.717, 1.165) is 28.7 Å². The zero-order valence-corrected chi connectivity index (χ0v) is 18.6. The summed E-state index contributed by atoms with van der Waals surface area (Å²) in [5.74, 6) is 1.00. The highest BCUT2D eigenvalue weighted by molar-refractivity contribution is 7.90. The van der Waals surface area contributed by atoms with Crippen LogP contribution >= 0.6 is 0 Å². The molecule has 8 heteroatoms. The predicted octanol–water partition coefficient (Wildman–Crippen LogP) is 3.57. The average molecular weight is 426 g/mol. The molecule has 0 aliphatic heterocycles. The van der Waals surface area contributed by atoms with E-state index in [9.17, 15) is 16.8 Å². The van der Waals surface area contributed by atoms with Crippen molar-refractivity contribution in [2.45, 2.75) is 49.4 Å². The van der Waals surface area contributed by atoms with Crippen LogP contribution in [0.25, 0.3) is 0 Å². The van der Waals surface area contributed by atoms with Gasteiger partial charge in [-0.05, 0) is 72.9 Å². The Morgan fingerprint density at radius 3 is 1.89 bits per heavy atom. The molecule has 0 saturated carbocycles. The van der Waals surface area contributed by atoms with Gasteiger partial charge < -0.3 is 4.74 Å². The van der Waals surface area contributed by atoms with E-state index in [2.05, 4.69) is 18.6 Å². The number of rotatable bonds is 7. The average Bonchev–Trinajstić information content (AvgIpc) is 2.59. The number of nitrogens with one attached hydrogen (secondary N) is 1. The number of hydrogen-bond donors (Lipinski definition) is 1. The van der Waals surface area contributed by atoms with Crippen LogP contribution in [0, 0.1) is 6.92 Å². The normalized spacial score (nSPS) is 13.5. The van der Waals surface area contributed by atoms with Crippen LogP contribution in [0.5, 0.6) is 5.75 Å². The summed E-state index contributed by atoms with van der Waals surface area (Å²) in [6.45, 7) is 7.79. The largest absolute Gasteiger partial charge is 0.496 e. The Kier molecular flexibility index (Phi) is 6.58. The fourth-order valence-electron chi connectivity index (χ4n) is 3.04. The zero-order valence-electron chi connectivity index (χ0n) is 17.0. The predicted molar refractivity (Wildman–Crippen MR) is 110 cm³/mol. The van der Waals surface area contributed by atoms with Crippen LogP contribution in [-0.4, -0.2) is 30.2 Å². The third-order valence-electron chi connectivity index (χ3n) is 4.60. The molecule has 154 valence electrons. The Morgan fingerprint density at radius 1 is 0.893 bits per heavy atom. The summed E-state index contributed by atoms with van der Waals surface area (Å²) in [5.41, 5.74) is 2.79. The molecule has 0 fully saturated rings. The van der Waals surface area contributed by atoms with Crippen molar-refractivity contribution in [1.29, 1.82) is 0 Å². The molecule has 2 rings (SSSR count). The molecule has 0 bridgehead atoms. The van der Waals surface area contributed by atoms with Gasteiger partial charge in [-0.15, -0.1) is 0 Å². The second-order valence-corrected chi connectivity index (χ2v) is 10.9. The maximum atomic E-state index is 12.7. The summed E-state index contributed by atoms with van der Waals surface area (Å²) in [4.78, 5) is 0.0917. The van der Waals surface area contributed by atoms with E-state index >= 15 is 0 Å². The molecule has 0 aromatic heterocycles. The molecule has 0 aliphatic rings. The van der Waals surface area contributed by atoms with Gasteiger partial charge in [0.25, 0.3) is 0 Å². The molecule has 6 nitrogen and oxygen atoms in total. The summed E-state index contributed by atoms with van der Waals surface area (Å²) in [6, 6.07) is 8.60. The first-order chi connectivity index (χ1) is 12.9. The monoisotopic (exact) mass is 425 g/mol. The maximum Gasteiger partial charge on any atom is 0.241 e. The van der Waals surface area contributed by atoms with Crippen LogP contribution in [-0.2, 0) is 19.9 Å². The molecule has 0 spiro atoms. The van der Waals surface area contributed by atoms with E-state index in [0.29, 0.717) is 0 Å². The first-order valence-corrected chi connectivity index (χ1v) is 12.2. The second-order valence-electron chi connectivity index (χ2n) is 7.19. The molecule has 2 aromatic carbocycles. The molecule has 0 radical (unpaired) electrons. The number of ether oxygens (including phenoxy) is 1. The van der Waals surface area contributed by atoms with Crippen LogP contribution in [0.1, 0.15) is 49.4 Å². The lowest BCUT2D eigenvalue weighted by molar-refractivity contribution is 0.406. The van der Waals surface area contributed by atoms with Crippen LogP contribution in [0.2, 0.25) is 0 Å². The summed E-state index contributed by atoms with van der Waals surface area (Å²) >= 11 is 0. The van der Waals surface area contributed by atoms with E-state index in [4.69, 9.17) is 4.74 Å².